The van der Waals surface area contributed by atoms with Crippen LogP contribution in [-0.2, 0) is 51.1 Å². The van der Waals surface area contributed by atoms with E-state index in [1.807, 2.05) is 0 Å². The first-order valence-corrected chi connectivity index (χ1v) is 23.7. The maximum Gasteiger partial charge on any atom is 0.471 e. The van der Waals surface area contributed by atoms with Crippen molar-refractivity contribution >= 4 is 35.4 Å². The number of nitrogens with one attached hydrogen (secondary N) is 4. The molecule has 0 bridgehead atoms. The molecule has 2 heterocycles. The smallest absolute Gasteiger partial charge is 0.366 e. The van der Waals surface area contributed by atoms with Gasteiger partial charge in [0.05, 0.1) is 24.8 Å². The predicted molar refractivity (Wildman–Crippen MR) is 248 cm³/mol. The number of alkyl halides is 6. The molecule has 22 heteroatoms. The molecule has 0 spiro atoms. The summed E-state index contributed by atoms with van der Waals surface area (Å²) in [5, 5.41) is 11.0. The van der Waals surface area contributed by atoms with Crippen LogP contribution < -0.4 is 21.3 Å². The Morgan fingerprint density at radius 3 is 1.70 bits per heavy atom. The average molecular weight is 1010 g/mol. The number of carbonyl (C=O) groups excluding carboxylic acids is 6. The van der Waals surface area contributed by atoms with E-state index >= 15 is 0 Å². The van der Waals surface area contributed by atoms with Crippen LogP contribution in [0.2, 0.25) is 0 Å². The molecule has 7 atom stereocenters. The van der Waals surface area contributed by atoms with Gasteiger partial charge in [0.2, 0.25) is 17.7 Å². The maximum absolute atomic E-state index is 14.4. The lowest BCUT2D eigenvalue weighted by atomic mass is 10.1. The number of likely N-dealkylation sites (N-methyl/N-ethyl adjacent to an activating group) is 2. The second-order valence-electron chi connectivity index (χ2n) is 18.0. The standard InChI is InChI=1S/C49H64F6N8O8/c1-33(56-3)41(64)58-39(43(66)62-23-13-19-37(62)30-60(45(68)48(50,51)52)25-21-35-15-7-5-8-16-35)32-70-27-11-12-28-71-40-29-47(40,59-42(65)34(2)57-4)44(67)63-24-14-20-38(63)31-61(46(69)49(53,54)55)26-22-36-17-9-6-10-18-36/h5-10,15-18,33-34,37-40,56-57H,13-14,19-32H2,1-4H3,(H,58,64)(H,59,65)/t33-,34-,37-,38-,39-,40?,47?/m0/s1. The lowest BCUT2D eigenvalue weighted by Gasteiger charge is -2.34. The lowest BCUT2D eigenvalue weighted by Crippen LogP contribution is -2.58. The third-order valence-electron chi connectivity index (χ3n) is 13.1. The number of ether oxygens (including phenoxy) is 2. The summed E-state index contributed by atoms with van der Waals surface area (Å²) in [7, 11) is 3.10. The summed E-state index contributed by atoms with van der Waals surface area (Å²) in [6, 6.07) is 13.2. The highest BCUT2D eigenvalue weighted by molar-refractivity contribution is 5.97. The van der Waals surface area contributed by atoms with Gasteiger partial charge in [-0.3, -0.25) is 28.8 Å². The van der Waals surface area contributed by atoms with Gasteiger partial charge in [-0.1, -0.05) is 72.5 Å². The molecule has 2 unspecified atom stereocenters. The van der Waals surface area contributed by atoms with Crippen molar-refractivity contribution in [2.75, 3.05) is 73.2 Å². The molecule has 6 amide bonds. The fraction of sp³-hybridized carbons (Fsp3) is 0.592. The van der Waals surface area contributed by atoms with Crippen LogP contribution in [0.4, 0.5) is 26.3 Å². The van der Waals surface area contributed by atoms with Crippen LogP contribution >= 0.6 is 0 Å². The van der Waals surface area contributed by atoms with Crippen LogP contribution in [-0.4, -0.2) is 182 Å². The number of amides is 6. The average Bonchev–Trinajstić information content (AvgIpc) is 3.60. The van der Waals surface area contributed by atoms with Gasteiger partial charge in [-0.15, -0.1) is 0 Å². The topological polar surface area (TPSA) is 182 Å². The van der Waals surface area contributed by atoms with Gasteiger partial charge in [-0.25, -0.2) is 0 Å². The summed E-state index contributed by atoms with van der Waals surface area (Å²) in [6.45, 7) is 1.40. The molecule has 1 saturated carbocycles. The fourth-order valence-corrected chi connectivity index (χ4v) is 8.68. The monoisotopic (exact) mass is 1010 g/mol. The maximum atomic E-state index is 14.4. The van der Waals surface area contributed by atoms with Crippen LogP contribution in [0.1, 0.15) is 57.1 Å². The number of hydrogen-bond acceptors (Lipinski definition) is 10. The minimum Gasteiger partial charge on any atom is -0.366 e. The molecular weight excluding hydrogens is 943 g/mol. The van der Waals surface area contributed by atoms with Crippen LogP contribution in [0.3, 0.4) is 0 Å². The summed E-state index contributed by atoms with van der Waals surface area (Å²) in [5.74, 6) is -0.757. The Balaban J connectivity index is 1.21. The van der Waals surface area contributed by atoms with Crippen molar-refractivity contribution in [3.05, 3.63) is 71.8 Å². The van der Waals surface area contributed by atoms with Crippen molar-refractivity contribution < 1.29 is 64.6 Å². The van der Waals surface area contributed by atoms with E-state index in [1.54, 1.807) is 88.6 Å². The van der Waals surface area contributed by atoms with Crippen molar-refractivity contribution in [1.82, 2.24) is 40.9 Å². The summed E-state index contributed by atoms with van der Waals surface area (Å²) in [6.07, 6.45) is -9.24. The van der Waals surface area contributed by atoms with Crippen LogP contribution in [0.25, 0.3) is 0 Å². The summed E-state index contributed by atoms with van der Waals surface area (Å²) in [4.78, 5) is 84.1. The Kier molecular flexibility index (Phi) is 20.2. The highest BCUT2D eigenvalue weighted by Crippen LogP contribution is 2.42. The van der Waals surface area contributed by atoms with Gasteiger partial charge < -0.3 is 50.3 Å². The molecule has 2 aromatic carbocycles. The Bertz CT molecular complexity index is 2200. The van der Waals surface area contributed by atoms with Crippen LogP contribution in [0.15, 0.2) is 60.7 Å². The zero-order valence-corrected chi connectivity index (χ0v) is 40.4. The molecule has 2 saturated heterocycles. The van der Waals surface area contributed by atoms with Gasteiger partial charge in [-0.2, -0.15) is 26.3 Å². The number of carbonyl (C=O) groups is 6. The normalized spacial score (nSPS) is 21.1. The van der Waals surface area contributed by atoms with Crippen molar-refractivity contribution in [3.63, 3.8) is 0 Å². The van der Waals surface area contributed by atoms with E-state index in [4.69, 9.17) is 9.47 Å². The van der Waals surface area contributed by atoms with Gasteiger partial charge in [-0.05, 0) is 77.6 Å². The van der Waals surface area contributed by atoms with Crippen LogP contribution in [0, 0.1) is 11.8 Å². The third-order valence-corrected chi connectivity index (χ3v) is 13.1. The zero-order chi connectivity index (χ0) is 51.9. The molecular formula is C49H64F6N8O8. The number of likely N-dealkylation sites (tertiary alicyclic amines) is 2. The molecule has 2 aromatic rings. The first-order valence-electron chi connectivity index (χ1n) is 23.7. The Labute approximate surface area is 409 Å². The molecule has 0 aromatic heterocycles. The molecule has 16 nitrogen and oxygen atoms in total. The number of nitrogens with zero attached hydrogens (tertiary/aromatic N) is 4. The first-order chi connectivity index (χ1) is 33.7. The number of benzene rings is 2. The van der Waals surface area contributed by atoms with E-state index in [1.165, 1.54) is 9.80 Å². The number of halogens is 6. The van der Waals surface area contributed by atoms with Crippen molar-refractivity contribution in [3.8, 4) is 11.8 Å². The van der Waals surface area contributed by atoms with Gasteiger partial charge >= 0.3 is 24.2 Å². The minimum atomic E-state index is -5.14. The SMILES string of the molecule is CN[C@@H](C)C(=O)N[C@@H](COCC#CCOC1CC1(NC(=O)[C@H](C)NC)C(=O)N1CCC[C@H]1CN(CCc1ccccc1)C(=O)C(F)(F)F)C(=O)N1CCC[C@H]1CN(CCc1ccccc1)C(=O)C(F)(F)F. The Hall–Kier alpha value is -5.76. The fourth-order valence-electron chi connectivity index (χ4n) is 8.68. The lowest BCUT2D eigenvalue weighted by molar-refractivity contribution is -0.186. The zero-order valence-electron chi connectivity index (χ0n) is 40.4. The van der Waals surface area contributed by atoms with Gasteiger partial charge in [0.25, 0.3) is 5.91 Å². The molecule has 5 rings (SSSR count). The van der Waals surface area contributed by atoms with Crippen molar-refractivity contribution in [1.29, 1.82) is 0 Å². The van der Waals surface area contributed by atoms with Gasteiger partial charge in [0, 0.05) is 57.8 Å². The predicted octanol–water partition coefficient (Wildman–Crippen LogP) is 2.60. The molecule has 1 aliphatic carbocycles. The Morgan fingerprint density at radius 1 is 0.718 bits per heavy atom. The first kappa shape index (κ1) is 56.2. The molecule has 4 N–H and O–H groups in total. The summed E-state index contributed by atoms with van der Waals surface area (Å²) >= 11 is 0. The highest BCUT2D eigenvalue weighted by Gasteiger charge is 2.65. The van der Waals surface area contributed by atoms with E-state index in [2.05, 4.69) is 33.1 Å². The molecule has 390 valence electrons. The van der Waals surface area contributed by atoms with Crippen LogP contribution in [0.5, 0.6) is 0 Å². The van der Waals surface area contributed by atoms with E-state index in [-0.39, 0.29) is 78.4 Å². The molecule has 0 radical (unpaired) electrons. The van der Waals surface area contributed by atoms with E-state index in [0.717, 1.165) is 16.0 Å². The number of rotatable bonds is 23. The Morgan fingerprint density at radius 2 is 1.20 bits per heavy atom. The molecule has 3 fully saturated rings. The van der Waals surface area contributed by atoms with Crippen molar-refractivity contribution in [2.45, 2.75) is 113 Å². The molecule has 2 aliphatic heterocycles. The van der Waals surface area contributed by atoms with E-state index in [9.17, 15) is 55.1 Å². The molecule has 3 aliphatic rings. The second-order valence-corrected chi connectivity index (χ2v) is 18.0. The molecule has 71 heavy (non-hydrogen) atoms. The largest absolute Gasteiger partial charge is 0.471 e. The minimum absolute atomic E-state index is 0.0375. The third kappa shape index (κ3) is 15.6. The van der Waals surface area contributed by atoms with E-state index < -0.39 is 89.6 Å². The quantitative estimate of drug-likeness (QED) is 0.0735. The summed E-state index contributed by atoms with van der Waals surface area (Å²) in [5.41, 5.74) is -0.0928. The van der Waals surface area contributed by atoms with E-state index in [0.29, 0.717) is 30.6 Å². The number of hydrogen-bond donors (Lipinski definition) is 4. The van der Waals surface area contributed by atoms with Gasteiger partial charge in [0.1, 0.15) is 24.8 Å². The summed E-state index contributed by atoms with van der Waals surface area (Å²) < 4.78 is 94.4. The second kappa shape index (κ2) is 25.6. The van der Waals surface area contributed by atoms with Crippen molar-refractivity contribution in [2.24, 2.45) is 0 Å². The van der Waals surface area contributed by atoms with Gasteiger partial charge in [0.15, 0.2) is 0 Å². The highest BCUT2D eigenvalue weighted by atomic mass is 19.4.